The second kappa shape index (κ2) is 2.99. The molecule has 1 aromatic heterocycles. The molecule has 4 nitrogen and oxygen atoms in total. The molecule has 0 atom stereocenters. The second-order valence-electron chi connectivity index (χ2n) is 2.90. The predicted molar refractivity (Wildman–Crippen MR) is 50.8 cm³/mol. The van der Waals surface area contributed by atoms with Gasteiger partial charge in [0.05, 0.1) is 5.69 Å². The standard InChI is InChI=1S/C10H9NO3/c12-8-3-1-2-7(6-8)11-9(13)4-5-10(11)14/h1-6,12-14H. The van der Waals surface area contributed by atoms with Gasteiger partial charge in [0.2, 0.25) is 0 Å². The fourth-order valence-corrected chi connectivity index (χ4v) is 1.31. The number of benzene rings is 1. The summed E-state index contributed by atoms with van der Waals surface area (Å²) in [5.41, 5.74) is 0.505. The monoisotopic (exact) mass is 191 g/mol. The Kier molecular flexibility index (Phi) is 1.81. The van der Waals surface area contributed by atoms with Crippen LogP contribution in [0.2, 0.25) is 0 Å². The number of hydrogen-bond acceptors (Lipinski definition) is 3. The summed E-state index contributed by atoms with van der Waals surface area (Å²) in [7, 11) is 0. The smallest absolute Gasteiger partial charge is 0.198 e. The van der Waals surface area contributed by atoms with E-state index in [2.05, 4.69) is 0 Å². The Morgan fingerprint density at radius 2 is 1.50 bits per heavy atom. The Labute approximate surface area is 80.3 Å². The summed E-state index contributed by atoms with van der Waals surface area (Å²) < 4.78 is 1.22. The van der Waals surface area contributed by atoms with Crippen molar-refractivity contribution in [2.45, 2.75) is 0 Å². The van der Waals surface area contributed by atoms with Gasteiger partial charge in [-0.3, -0.25) is 4.57 Å². The van der Waals surface area contributed by atoms with Gasteiger partial charge in [-0.25, -0.2) is 0 Å². The number of aromatic nitrogens is 1. The van der Waals surface area contributed by atoms with Gasteiger partial charge in [0.25, 0.3) is 0 Å². The normalized spacial score (nSPS) is 10.3. The maximum Gasteiger partial charge on any atom is 0.198 e. The van der Waals surface area contributed by atoms with Crippen molar-refractivity contribution in [1.82, 2.24) is 4.57 Å². The molecule has 2 aromatic rings. The summed E-state index contributed by atoms with van der Waals surface area (Å²) in [4.78, 5) is 0. The quantitative estimate of drug-likeness (QED) is 0.641. The van der Waals surface area contributed by atoms with Crippen molar-refractivity contribution in [3.8, 4) is 23.2 Å². The van der Waals surface area contributed by atoms with Crippen molar-refractivity contribution in [3.63, 3.8) is 0 Å². The third kappa shape index (κ3) is 1.26. The van der Waals surface area contributed by atoms with Crippen molar-refractivity contribution in [3.05, 3.63) is 36.4 Å². The van der Waals surface area contributed by atoms with E-state index in [9.17, 15) is 15.3 Å². The molecule has 0 aliphatic heterocycles. The third-order valence-corrected chi connectivity index (χ3v) is 1.93. The fourth-order valence-electron chi connectivity index (χ4n) is 1.31. The molecule has 0 saturated heterocycles. The number of phenols is 1. The minimum atomic E-state index is -0.0758. The number of rotatable bonds is 1. The highest BCUT2D eigenvalue weighted by molar-refractivity contribution is 5.45. The van der Waals surface area contributed by atoms with Crippen LogP contribution in [0.5, 0.6) is 17.5 Å². The van der Waals surface area contributed by atoms with E-state index in [0.29, 0.717) is 5.69 Å². The summed E-state index contributed by atoms with van der Waals surface area (Å²) in [6.07, 6.45) is 0. The van der Waals surface area contributed by atoms with Gasteiger partial charge in [-0.05, 0) is 12.1 Å². The molecule has 1 aromatic carbocycles. The predicted octanol–water partition coefficient (Wildman–Crippen LogP) is 1.59. The lowest BCUT2D eigenvalue weighted by atomic mass is 10.3. The SMILES string of the molecule is Oc1cccc(-n2c(O)ccc2O)c1. The maximum absolute atomic E-state index is 9.40. The molecular weight excluding hydrogens is 182 g/mol. The number of phenolic OH excluding ortho intramolecular Hbond substituents is 1. The number of aromatic hydroxyl groups is 3. The Hall–Kier alpha value is -2.10. The number of nitrogens with zero attached hydrogens (tertiary/aromatic N) is 1. The van der Waals surface area contributed by atoms with Crippen molar-refractivity contribution in [1.29, 1.82) is 0 Å². The lowest BCUT2D eigenvalue weighted by Crippen LogP contribution is -1.91. The van der Waals surface area contributed by atoms with Crippen LogP contribution >= 0.6 is 0 Å². The van der Waals surface area contributed by atoms with Crippen LogP contribution in [0, 0.1) is 0 Å². The van der Waals surface area contributed by atoms with Crippen LogP contribution in [-0.4, -0.2) is 19.9 Å². The molecule has 0 amide bonds. The van der Waals surface area contributed by atoms with Crippen LogP contribution in [0.4, 0.5) is 0 Å². The molecule has 3 N–H and O–H groups in total. The van der Waals surface area contributed by atoms with E-state index < -0.39 is 0 Å². The number of hydrogen-bond donors (Lipinski definition) is 3. The molecule has 0 aliphatic carbocycles. The maximum atomic E-state index is 9.40. The molecule has 0 saturated carbocycles. The lowest BCUT2D eigenvalue weighted by Gasteiger charge is -2.06. The summed E-state index contributed by atoms with van der Waals surface area (Å²) in [5.74, 6) is -0.0730. The van der Waals surface area contributed by atoms with E-state index in [1.807, 2.05) is 0 Å². The Morgan fingerprint density at radius 3 is 2.07 bits per heavy atom. The van der Waals surface area contributed by atoms with Gasteiger partial charge < -0.3 is 15.3 Å². The van der Waals surface area contributed by atoms with Crippen LogP contribution in [0.15, 0.2) is 36.4 Å². The van der Waals surface area contributed by atoms with Gasteiger partial charge >= 0.3 is 0 Å². The van der Waals surface area contributed by atoms with Crippen LogP contribution in [0.3, 0.4) is 0 Å². The van der Waals surface area contributed by atoms with Crippen molar-refractivity contribution in [2.24, 2.45) is 0 Å². The molecule has 0 fully saturated rings. The third-order valence-electron chi connectivity index (χ3n) is 1.93. The average molecular weight is 191 g/mol. The first-order chi connectivity index (χ1) is 6.68. The highest BCUT2D eigenvalue weighted by Crippen LogP contribution is 2.27. The molecular formula is C10H9NO3. The van der Waals surface area contributed by atoms with Gasteiger partial charge in [-0.2, -0.15) is 0 Å². The van der Waals surface area contributed by atoms with Gasteiger partial charge in [-0.15, -0.1) is 0 Å². The zero-order chi connectivity index (χ0) is 10.1. The van der Waals surface area contributed by atoms with Crippen molar-refractivity contribution >= 4 is 0 Å². The molecule has 4 heteroatoms. The van der Waals surface area contributed by atoms with E-state index in [4.69, 9.17) is 0 Å². The zero-order valence-electron chi connectivity index (χ0n) is 7.25. The molecule has 72 valence electrons. The molecule has 0 spiro atoms. The molecule has 0 aliphatic rings. The zero-order valence-corrected chi connectivity index (χ0v) is 7.25. The molecule has 2 rings (SSSR count). The van der Waals surface area contributed by atoms with Gasteiger partial charge in [0.1, 0.15) is 5.75 Å². The second-order valence-corrected chi connectivity index (χ2v) is 2.90. The molecule has 0 radical (unpaired) electrons. The first kappa shape index (κ1) is 8.50. The summed E-state index contributed by atoms with van der Waals surface area (Å²) >= 11 is 0. The van der Waals surface area contributed by atoms with E-state index in [1.165, 1.54) is 28.8 Å². The summed E-state index contributed by atoms with van der Waals surface area (Å²) in [6.45, 7) is 0. The van der Waals surface area contributed by atoms with E-state index in [-0.39, 0.29) is 17.5 Å². The minimum absolute atomic E-state index is 0.0758. The van der Waals surface area contributed by atoms with Crippen LogP contribution < -0.4 is 0 Å². The first-order valence-corrected chi connectivity index (χ1v) is 4.07. The van der Waals surface area contributed by atoms with E-state index >= 15 is 0 Å². The molecule has 0 unspecified atom stereocenters. The highest BCUT2D eigenvalue weighted by Gasteiger charge is 2.07. The van der Waals surface area contributed by atoms with Crippen LogP contribution in [0.25, 0.3) is 5.69 Å². The fraction of sp³-hybridized carbons (Fsp3) is 0. The van der Waals surface area contributed by atoms with Gasteiger partial charge in [0, 0.05) is 18.2 Å². The van der Waals surface area contributed by atoms with Gasteiger partial charge in [-0.1, -0.05) is 6.07 Å². The minimum Gasteiger partial charge on any atom is -0.508 e. The highest BCUT2D eigenvalue weighted by atomic mass is 16.3. The van der Waals surface area contributed by atoms with Crippen molar-refractivity contribution in [2.75, 3.05) is 0 Å². The first-order valence-electron chi connectivity index (χ1n) is 4.07. The van der Waals surface area contributed by atoms with E-state index in [0.717, 1.165) is 0 Å². The summed E-state index contributed by atoms with van der Waals surface area (Å²) in [6, 6.07) is 9.00. The van der Waals surface area contributed by atoms with E-state index in [1.54, 1.807) is 12.1 Å². The Morgan fingerprint density at radius 1 is 0.857 bits per heavy atom. The topological polar surface area (TPSA) is 65.6 Å². The largest absolute Gasteiger partial charge is 0.508 e. The van der Waals surface area contributed by atoms with Gasteiger partial charge in [0.15, 0.2) is 11.8 Å². The van der Waals surface area contributed by atoms with Crippen molar-refractivity contribution < 1.29 is 15.3 Å². The Bertz CT molecular complexity index is 443. The lowest BCUT2D eigenvalue weighted by molar-refractivity contribution is 0.402. The van der Waals surface area contributed by atoms with Crippen LogP contribution in [-0.2, 0) is 0 Å². The molecule has 14 heavy (non-hydrogen) atoms. The van der Waals surface area contributed by atoms with Crippen LogP contribution in [0.1, 0.15) is 0 Å². The molecule has 0 bridgehead atoms. The summed E-state index contributed by atoms with van der Waals surface area (Å²) in [5, 5.41) is 28.0. The Balaban J connectivity index is 2.59. The molecule has 1 heterocycles. The average Bonchev–Trinajstić information content (AvgIpc) is 2.46.